The molecule has 1 saturated heterocycles. The molecule has 332 valence electrons. The van der Waals surface area contributed by atoms with Crippen molar-refractivity contribution >= 4 is 69.1 Å². The minimum absolute atomic E-state index is 0.0246. The topological polar surface area (TPSA) is 384 Å². The molecular weight excluding hydrogens is 871 g/mol. The molecule has 0 aliphatic carbocycles. The minimum atomic E-state index is -5.58. The average Bonchev–Trinajstić information content (AvgIpc) is 3.70. The number of anilines is 1. The molecule has 1 aliphatic heterocycles. The van der Waals surface area contributed by atoms with Crippen molar-refractivity contribution in [3.63, 3.8) is 0 Å². The highest BCUT2D eigenvalue weighted by Gasteiger charge is 2.50. The number of phosphoric acid groups is 3. The normalized spacial score (nSPS) is 22.0. The second kappa shape index (κ2) is 22.2. The molecule has 0 spiro atoms. The van der Waals surface area contributed by atoms with Gasteiger partial charge in [-0.15, -0.1) is 0 Å². The van der Waals surface area contributed by atoms with E-state index >= 15 is 0 Å². The first-order valence-electron chi connectivity index (χ1n) is 17.5. The number of aliphatic hydroxyl groups is 3. The van der Waals surface area contributed by atoms with Gasteiger partial charge in [-0.1, -0.05) is 49.9 Å². The number of nitrogens with one attached hydrogen (secondary N) is 2. The van der Waals surface area contributed by atoms with Gasteiger partial charge in [0.2, 0.25) is 11.8 Å². The summed E-state index contributed by atoms with van der Waals surface area (Å²) in [4.78, 5) is 87.7. The summed E-state index contributed by atoms with van der Waals surface area (Å²) in [5.41, 5.74) is 4.23. The first-order valence-corrected chi connectivity index (χ1v) is 23.0. The fourth-order valence-electron chi connectivity index (χ4n) is 5.04. The highest BCUT2D eigenvalue weighted by atomic mass is 32.2. The number of nitrogens with zero attached hydrogens (tertiary/aromatic N) is 4. The molecular formula is C30H48N7O18P3S. The molecule has 1 fully saturated rings. The number of ether oxygens (including phenoxy) is 1. The van der Waals surface area contributed by atoms with Crippen molar-refractivity contribution in [3.05, 3.63) is 37.0 Å². The number of rotatable bonds is 24. The van der Waals surface area contributed by atoms with Crippen molar-refractivity contribution in [2.75, 3.05) is 37.8 Å². The van der Waals surface area contributed by atoms with Crippen LogP contribution >= 0.6 is 35.2 Å². The van der Waals surface area contributed by atoms with Crippen molar-refractivity contribution < 1.29 is 85.6 Å². The van der Waals surface area contributed by atoms with Crippen LogP contribution in [0.5, 0.6) is 0 Å². The van der Waals surface area contributed by atoms with Crippen LogP contribution in [-0.2, 0) is 50.7 Å². The van der Waals surface area contributed by atoms with Crippen LogP contribution in [0.15, 0.2) is 37.0 Å². The third-order valence-corrected chi connectivity index (χ3v) is 12.0. The molecule has 0 saturated carbocycles. The van der Waals surface area contributed by atoms with Crippen molar-refractivity contribution in [2.45, 2.75) is 76.8 Å². The van der Waals surface area contributed by atoms with E-state index in [0.29, 0.717) is 6.42 Å². The number of hydrogen-bond acceptors (Lipinski definition) is 19. The van der Waals surface area contributed by atoms with Crippen molar-refractivity contribution in [1.29, 1.82) is 0 Å². The number of thioether (sulfide) groups is 1. The molecule has 3 rings (SSSR count). The monoisotopic (exact) mass is 919 g/mol. The Labute approximate surface area is 341 Å². The van der Waals surface area contributed by atoms with E-state index in [-0.39, 0.29) is 53.8 Å². The number of imidazole rings is 1. The molecule has 11 N–H and O–H groups in total. The SMILES string of the molecule is C/C=C/C/C=C/C(O)CC(=O)SCCNC(=O)CCNC(=O)C(O)C(C)(C)COP(=O)(O)OP(=O)(O)OCC1OC(n2cnc3c(N)ncnc32)C(O)C1OP(=O)(O)O. The van der Waals surface area contributed by atoms with Crippen LogP contribution in [0, 0.1) is 5.41 Å². The van der Waals surface area contributed by atoms with Gasteiger partial charge in [-0.2, -0.15) is 4.31 Å². The maximum atomic E-state index is 12.7. The molecule has 0 radical (unpaired) electrons. The Hall–Kier alpha value is -3.00. The molecule has 8 atom stereocenters. The van der Waals surface area contributed by atoms with Crippen LogP contribution < -0.4 is 16.4 Å². The third kappa shape index (κ3) is 16.4. The van der Waals surface area contributed by atoms with Crippen LogP contribution in [0.25, 0.3) is 11.2 Å². The summed E-state index contributed by atoms with van der Waals surface area (Å²) >= 11 is 0.934. The molecule has 2 aromatic heterocycles. The van der Waals surface area contributed by atoms with Crippen molar-refractivity contribution in [3.8, 4) is 0 Å². The highest BCUT2D eigenvalue weighted by molar-refractivity contribution is 8.13. The number of carbonyl (C=O) groups excluding carboxylic acids is 3. The van der Waals surface area contributed by atoms with Gasteiger partial charge in [-0.25, -0.2) is 28.6 Å². The summed E-state index contributed by atoms with van der Waals surface area (Å²) in [6, 6.07) is 0. The lowest BCUT2D eigenvalue weighted by atomic mass is 9.87. The number of amides is 2. The Kier molecular flexibility index (Phi) is 18.9. The molecule has 29 heteroatoms. The van der Waals surface area contributed by atoms with Crippen LogP contribution in [0.3, 0.4) is 0 Å². The third-order valence-electron chi connectivity index (χ3n) is 8.01. The van der Waals surface area contributed by atoms with E-state index in [0.717, 1.165) is 29.0 Å². The number of hydrogen-bond donors (Lipinski definition) is 10. The number of fused-ring (bicyclic) bond motifs is 1. The zero-order valence-corrected chi connectivity index (χ0v) is 35.3. The standard InChI is InChI=1S/C30H48N7O18P3S/c1-4-5-6-7-8-18(38)13-21(40)59-12-11-32-20(39)9-10-33-28(43)25(42)30(2,3)15-52-58(49,50)55-57(47,48)51-14-19-24(54-56(44,45)46)23(41)29(53-19)37-17-36-22-26(31)34-16-35-27(22)37/h4-5,7-8,16-19,23-25,29,38,41-42H,6,9-15H2,1-3H3,(H,32,39)(H,33,43)(H,47,48)(H,49,50)(H2,31,34,35)(H2,44,45,46)/b5-4+,8-7+. The first-order chi connectivity index (χ1) is 27.4. The lowest BCUT2D eigenvalue weighted by molar-refractivity contribution is -0.137. The Morgan fingerprint density at radius 2 is 1.75 bits per heavy atom. The van der Waals surface area contributed by atoms with Gasteiger partial charge in [0.05, 0.1) is 25.6 Å². The molecule has 25 nitrogen and oxygen atoms in total. The van der Waals surface area contributed by atoms with Gasteiger partial charge < -0.3 is 56.0 Å². The summed E-state index contributed by atoms with van der Waals surface area (Å²) in [6.07, 6.45) is -0.392. The number of allylic oxidation sites excluding steroid dienone is 3. The van der Waals surface area contributed by atoms with Gasteiger partial charge in [-0.05, 0) is 13.3 Å². The fraction of sp³-hybridized carbons (Fsp3) is 0.600. The summed E-state index contributed by atoms with van der Waals surface area (Å²) in [6.45, 7) is 2.19. The Morgan fingerprint density at radius 3 is 2.42 bits per heavy atom. The number of nitrogen functional groups attached to an aromatic ring is 1. The van der Waals surface area contributed by atoms with Crippen LogP contribution in [0.1, 0.15) is 46.3 Å². The number of aromatic nitrogens is 4. The first kappa shape index (κ1) is 50.4. The average molecular weight is 920 g/mol. The van der Waals surface area contributed by atoms with Crippen LogP contribution in [-0.4, -0.2) is 134 Å². The molecule has 0 bridgehead atoms. The lowest BCUT2D eigenvalue weighted by Gasteiger charge is -2.30. The minimum Gasteiger partial charge on any atom is -0.389 e. The number of aliphatic hydroxyl groups excluding tert-OH is 3. The Balaban J connectivity index is 1.44. The molecule has 1 aliphatic rings. The maximum Gasteiger partial charge on any atom is 0.481 e. The largest absolute Gasteiger partial charge is 0.481 e. The van der Waals surface area contributed by atoms with E-state index in [9.17, 15) is 63.0 Å². The van der Waals surface area contributed by atoms with E-state index in [1.807, 2.05) is 19.1 Å². The van der Waals surface area contributed by atoms with E-state index in [1.165, 1.54) is 19.9 Å². The second-order valence-corrected chi connectivity index (χ2v) is 18.7. The number of phosphoric ester groups is 3. The number of carbonyl (C=O) groups is 3. The molecule has 2 amide bonds. The van der Waals surface area contributed by atoms with Crippen LogP contribution in [0.4, 0.5) is 5.82 Å². The van der Waals surface area contributed by atoms with Gasteiger partial charge in [-0.3, -0.25) is 32.5 Å². The zero-order valence-electron chi connectivity index (χ0n) is 31.8. The Morgan fingerprint density at radius 1 is 1.05 bits per heavy atom. The highest BCUT2D eigenvalue weighted by Crippen LogP contribution is 2.61. The van der Waals surface area contributed by atoms with Crippen molar-refractivity contribution in [1.82, 2.24) is 30.2 Å². The van der Waals surface area contributed by atoms with Gasteiger partial charge in [0.25, 0.3) is 0 Å². The van der Waals surface area contributed by atoms with Gasteiger partial charge in [0.1, 0.15) is 36.3 Å². The van der Waals surface area contributed by atoms with Crippen LogP contribution in [0.2, 0.25) is 0 Å². The van der Waals surface area contributed by atoms with E-state index in [1.54, 1.807) is 6.08 Å². The fourth-order valence-corrected chi connectivity index (χ4v) is 8.59. The van der Waals surface area contributed by atoms with Gasteiger partial charge >= 0.3 is 23.5 Å². The van der Waals surface area contributed by atoms with E-state index < -0.39 is 90.7 Å². The smallest absolute Gasteiger partial charge is 0.389 e. The summed E-state index contributed by atoms with van der Waals surface area (Å²) in [5.74, 6) is -1.29. The molecule has 2 aromatic rings. The summed E-state index contributed by atoms with van der Waals surface area (Å²) in [5, 5.41) is 35.9. The molecule has 0 aromatic carbocycles. The Bertz CT molecular complexity index is 1960. The maximum absolute atomic E-state index is 12.7. The lowest BCUT2D eigenvalue weighted by Crippen LogP contribution is -2.46. The zero-order chi connectivity index (χ0) is 44.2. The summed E-state index contributed by atoms with van der Waals surface area (Å²) in [7, 11) is -16.4. The quantitative estimate of drug-likeness (QED) is 0.0374. The van der Waals surface area contributed by atoms with Gasteiger partial charge in [0, 0.05) is 37.1 Å². The molecule has 8 unspecified atom stereocenters. The predicted octanol–water partition coefficient (Wildman–Crippen LogP) is -0.0619. The van der Waals surface area contributed by atoms with Gasteiger partial charge in [0.15, 0.2) is 22.8 Å². The summed E-state index contributed by atoms with van der Waals surface area (Å²) < 4.78 is 62.1. The molecule has 59 heavy (non-hydrogen) atoms. The molecule has 3 heterocycles. The van der Waals surface area contributed by atoms with Crippen molar-refractivity contribution in [2.24, 2.45) is 5.41 Å². The van der Waals surface area contributed by atoms with E-state index in [4.69, 9.17) is 19.5 Å². The number of nitrogens with two attached hydrogens (primary N) is 1. The predicted molar refractivity (Wildman–Crippen MR) is 206 cm³/mol. The van der Waals surface area contributed by atoms with E-state index in [2.05, 4.69) is 34.4 Å². The second-order valence-electron chi connectivity index (χ2n) is 13.3.